The average Bonchev–Trinajstić information content (AvgIpc) is 2.39. The average molecular weight is 141 g/mol. The summed E-state index contributed by atoms with van der Waals surface area (Å²) < 4.78 is 21.3. The second-order valence-electron chi connectivity index (χ2n) is 1.81. The minimum Gasteiger partial charge on any atom is -0.243 e. The normalized spacial score (nSPS) is 18.7. The summed E-state index contributed by atoms with van der Waals surface area (Å²) in [6, 6.07) is 3.17. The van der Waals surface area contributed by atoms with Gasteiger partial charge in [-0.3, -0.25) is 0 Å². The van der Waals surface area contributed by atoms with Gasteiger partial charge in [0, 0.05) is 6.20 Å². The summed E-state index contributed by atoms with van der Waals surface area (Å²) in [6.45, 7) is 0. The summed E-state index contributed by atoms with van der Waals surface area (Å²) in [5, 5.41) is 0.241. The molecule has 1 aromatic heterocycles. The van der Waals surface area contributed by atoms with E-state index in [0.29, 0.717) is 4.90 Å². The molecule has 1 aliphatic rings. The fourth-order valence-electron chi connectivity index (χ4n) is 0.733. The number of hydrogen-bond acceptors (Lipinski definition) is 3. The largest absolute Gasteiger partial charge is 0.243 e. The van der Waals surface area contributed by atoms with Crippen molar-refractivity contribution >= 4 is 9.84 Å². The first-order valence-electron chi connectivity index (χ1n) is 2.43. The summed E-state index contributed by atoms with van der Waals surface area (Å²) in [4.78, 5) is 4.02. The minimum atomic E-state index is -2.99. The van der Waals surface area contributed by atoms with Crippen LogP contribution in [0.4, 0.5) is 0 Å². The van der Waals surface area contributed by atoms with Crippen LogP contribution in [0.2, 0.25) is 0 Å². The monoisotopic (exact) mass is 141 g/mol. The van der Waals surface area contributed by atoms with Gasteiger partial charge in [-0.2, -0.15) is 0 Å². The lowest BCUT2D eigenvalue weighted by Gasteiger charge is -1.64. The molecule has 0 unspecified atom stereocenters. The standard InChI is InChI=1S/C5H3NO2S/c7-9(8)4-2-1-3-6-5(4)9/h1-3H. The van der Waals surface area contributed by atoms with Crippen molar-refractivity contribution in [2.75, 3.05) is 0 Å². The summed E-state index contributed by atoms with van der Waals surface area (Å²) in [5.41, 5.74) is 0. The van der Waals surface area contributed by atoms with Crippen molar-refractivity contribution in [1.29, 1.82) is 0 Å². The molecule has 0 fully saturated rings. The number of hydrogen-bond donors (Lipinski definition) is 0. The van der Waals surface area contributed by atoms with Gasteiger partial charge >= 0.3 is 0 Å². The van der Waals surface area contributed by atoms with Crippen LogP contribution in [0.5, 0.6) is 0 Å². The van der Waals surface area contributed by atoms with Gasteiger partial charge in [-0.05, 0) is 12.1 Å². The third-order valence-corrected chi connectivity index (χ3v) is 2.78. The maximum atomic E-state index is 10.7. The van der Waals surface area contributed by atoms with E-state index in [4.69, 9.17) is 0 Å². The lowest BCUT2D eigenvalue weighted by Crippen LogP contribution is -1.68. The third kappa shape index (κ3) is 0.457. The summed E-state index contributed by atoms with van der Waals surface area (Å²) in [5.74, 6) is 0. The van der Waals surface area contributed by atoms with Gasteiger partial charge < -0.3 is 0 Å². The first-order chi connectivity index (χ1) is 4.23. The van der Waals surface area contributed by atoms with E-state index in [0.717, 1.165) is 0 Å². The van der Waals surface area contributed by atoms with Crippen LogP contribution >= 0.6 is 0 Å². The van der Waals surface area contributed by atoms with Crippen LogP contribution in [0.15, 0.2) is 28.3 Å². The number of rotatable bonds is 0. The van der Waals surface area contributed by atoms with Gasteiger partial charge in [0.2, 0.25) is 9.84 Å². The van der Waals surface area contributed by atoms with Crippen molar-refractivity contribution in [3.05, 3.63) is 18.3 Å². The van der Waals surface area contributed by atoms with Crippen LogP contribution in [0.1, 0.15) is 0 Å². The Labute approximate surface area is 52.3 Å². The number of aromatic nitrogens is 1. The van der Waals surface area contributed by atoms with E-state index in [1.807, 2.05) is 0 Å². The fraction of sp³-hybridized carbons (Fsp3) is 0. The molecule has 0 atom stereocenters. The Bertz CT molecular complexity index is 326. The van der Waals surface area contributed by atoms with Crippen LogP contribution in [-0.4, -0.2) is 13.4 Å². The highest BCUT2D eigenvalue weighted by Crippen LogP contribution is 2.36. The van der Waals surface area contributed by atoms with E-state index in [-0.39, 0.29) is 5.03 Å². The first kappa shape index (κ1) is 4.93. The maximum absolute atomic E-state index is 10.7. The molecule has 0 aliphatic carbocycles. The molecule has 2 heterocycles. The predicted molar refractivity (Wildman–Crippen MR) is 29.7 cm³/mol. The molecule has 1 aliphatic heterocycles. The van der Waals surface area contributed by atoms with Gasteiger partial charge in [-0.25, -0.2) is 13.4 Å². The maximum Gasteiger partial charge on any atom is 0.228 e. The van der Waals surface area contributed by atoms with Crippen LogP contribution in [0.25, 0.3) is 0 Å². The van der Waals surface area contributed by atoms with Gasteiger partial charge in [0.1, 0.15) is 4.90 Å². The quantitative estimate of drug-likeness (QED) is 0.493. The molecule has 0 aromatic carbocycles. The highest BCUT2D eigenvalue weighted by Gasteiger charge is 2.40. The SMILES string of the molecule is O=S1(=O)c2cccnc21. The molecule has 0 bridgehead atoms. The third-order valence-electron chi connectivity index (χ3n) is 1.24. The topological polar surface area (TPSA) is 47.0 Å². The second-order valence-corrected chi connectivity index (χ2v) is 3.64. The molecule has 0 spiro atoms. The van der Waals surface area contributed by atoms with E-state index in [2.05, 4.69) is 4.98 Å². The fourth-order valence-corrected chi connectivity index (χ4v) is 1.91. The highest BCUT2D eigenvalue weighted by atomic mass is 32.2. The Kier molecular flexibility index (Phi) is 0.635. The Balaban J connectivity index is 2.86. The van der Waals surface area contributed by atoms with Crippen molar-refractivity contribution in [3.63, 3.8) is 0 Å². The summed E-state index contributed by atoms with van der Waals surface area (Å²) in [7, 11) is -2.99. The Hall–Kier alpha value is -0.900. The molecule has 9 heavy (non-hydrogen) atoms. The Morgan fingerprint density at radius 3 is 2.67 bits per heavy atom. The predicted octanol–water partition coefficient (Wildman–Crippen LogP) is 0.228. The molecule has 4 heteroatoms. The number of pyridine rings is 1. The van der Waals surface area contributed by atoms with Crippen molar-refractivity contribution in [3.8, 4) is 0 Å². The van der Waals surface area contributed by atoms with Crippen LogP contribution in [0, 0.1) is 0 Å². The first-order valence-corrected chi connectivity index (χ1v) is 3.91. The minimum absolute atomic E-state index is 0.241. The smallest absolute Gasteiger partial charge is 0.228 e. The van der Waals surface area contributed by atoms with Gasteiger partial charge in [-0.1, -0.05) is 0 Å². The van der Waals surface area contributed by atoms with Crippen LogP contribution < -0.4 is 0 Å². The van der Waals surface area contributed by atoms with Crippen LogP contribution in [-0.2, 0) is 9.84 Å². The summed E-state index contributed by atoms with van der Waals surface area (Å²) in [6.07, 6.45) is 1.48. The molecular weight excluding hydrogens is 138 g/mol. The van der Waals surface area contributed by atoms with E-state index in [1.165, 1.54) is 6.20 Å². The molecule has 1 aromatic rings. The molecule has 2 rings (SSSR count). The van der Waals surface area contributed by atoms with Gasteiger partial charge in [0.05, 0.1) is 0 Å². The van der Waals surface area contributed by atoms with Gasteiger partial charge in [0.15, 0.2) is 5.03 Å². The van der Waals surface area contributed by atoms with Crippen molar-refractivity contribution in [1.82, 2.24) is 4.98 Å². The zero-order valence-electron chi connectivity index (χ0n) is 4.40. The summed E-state index contributed by atoms with van der Waals surface area (Å²) >= 11 is 0. The molecule has 0 saturated carbocycles. The van der Waals surface area contributed by atoms with E-state index < -0.39 is 9.84 Å². The van der Waals surface area contributed by atoms with E-state index in [9.17, 15) is 8.42 Å². The number of sulfone groups is 1. The molecule has 46 valence electrons. The lowest BCUT2D eigenvalue weighted by atomic mass is 10.5. The molecule has 0 N–H and O–H groups in total. The Morgan fingerprint density at radius 2 is 2.22 bits per heavy atom. The van der Waals surface area contributed by atoms with Gasteiger partial charge in [-0.15, -0.1) is 0 Å². The van der Waals surface area contributed by atoms with E-state index in [1.54, 1.807) is 12.1 Å². The number of fused-ring (bicyclic) bond motifs is 1. The molecule has 0 amide bonds. The number of nitrogens with zero attached hydrogens (tertiary/aromatic N) is 1. The van der Waals surface area contributed by atoms with E-state index >= 15 is 0 Å². The Morgan fingerprint density at radius 1 is 1.44 bits per heavy atom. The molecule has 0 saturated heterocycles. The van der Waals surface area contributed by atoms with Crippen molar-refractivity contribution < 1.29 is 8.42 Å². The van der Waals surface area contributed by atoms with Gasteiger partial charge in [0.25, 0.3) is 0 Å². The molecule has 0 radical (unpaired) electrons. The van der Waals surface area contributed by atoms with Crippen molar-refractivity contribution in [2.24, 2.45) is 0 Å². The van der Waals surface area contributed by atoms with Crippen molar-refractivity contribution in [2.45, 2.75) is 9.92 Å². The highest BCUT2D eigenvalue weighted by molar-refractivity contribution is 7.97. The molecule has 3 nitrogen and oxygen atoms in total. The lowest BCUT2D eigenvalue weighted by molar-refractivity contribution is 0.611. The zero-order chi connectivity index (χ0) is 6.48. The molecular formula is C5H3NO2S. The van der Waals surface area contributed by atoms with Crippen LogP contribution in [0.3, 0.4) is 0 Å². The zero-order valence-corrected chi connectivity index (χ0v) is 5.22. The second kappa shape index (κ2) is 1.16.